The smallest absolute Gasteiger partial charge is 0.256 e. The molecular weight excluding hydrogens is 258 g/mol. The van der Waals surface area contributed by atoms with Gasteiger partial charge in [-0.2, -0.15) is 0 Å². The third kappa shape index (κ3) is 2.96. The lowest BCUT2D eigenvalue weighted by atomic mass is 9.99. The molecule has 1 fully saturated rings. The van der Waals surface area contributed by atoms with Crippen molar-refractivity contribution in [2.45, 2.75) is 32.3 Å². The summed E-state index contributed by atoms with van der Waals surface area (Å²) in [5.41, 5.74) is -0.842. The first kappa shape index (κ1) is 14.5. The highest BCUT2D eigenvalue weighted by Gasteiger charge is 2.45. The van der Waals surface area contributed by atoms with Crippen molar-refractivity contribution in [1.29, 1.82) is 0 Å². The Labute approximate surface area is 117 Å². The van der Waals surface area contributed by atoms with Gasteiger partial charge in [-0.1, -0.05) is 0 Å². The van der Waals surface area contributed by atoms with Crippen LogP contribution in [0.5, 0.6) is 0 Å². The van der Waals surface area contributed by atoms with Crippen LogP contribution in [0.2, 0.25) is 0 Å². The van der Waals surface area contributed by atoms with Gasteiger partial charge in [-0.25, -0.2) is 4.98 Å². The highest BCUT2D eigenvalue weighted by atomic mass is 16.3. The molecule has 108 valence electrons. The largest absolute Gasteiger partial charge is 0.380 e. The summed E-state index contributed by atoms with van der Waals surface area (Å²) >= 11 is 0. The first-order valence-electron chi connectivity index (χ1n) is 6.56. The zero-order valence-electron chi connectivity index (χ0n) is 11.9. The summed E-state index contributed by atoms with van der Waals surface area (Å²) in [7, 11) is 1.63. The molecule has 1 heterocycles. The summed E-state index contributed by atoms with van der Waals surface area (Å²) < 4.78 is 0. The molecule has 0 aliphatic heterocycles. The second-order valence-corrected chi connectivity index (χ2v) is 5.36. The Hall–Kier alpha value is -1.95. The van der Waals surface area contributed by atoms with Crippen molar-refractivity contribution in [3.05, 3.63) is 18.3 Å². The monoisotopic (exact) mass is 277 g/mol. The molecule has 1 unspecified atom stereocenters. The minimum atomic E-state index is -1.34. The molecule has 0 saturated heterocycles. The second-order valence-electron chi connectivity index (χ2n) is 5.36. The SMILES string of the molecule is CC(=O)N(C)c1ccc(NC(=O)C(C)(O)C2CC2)cn1. The molecule has 1 atom stereocenters. The van der Waals surface area contributed by atoms with Crippen molar-refractivity contribution in [1.82, 2.24) is 4.98 Å². The molecule has 1 aliphatic rings. The molecule has 2 rings (SSSR count). The molecule has 20 heavy (non-hydrogen) atoms. The van der Waals surface area contributed by atoms with E-state index in [0.29, 0.717) is 11.5 Å². The van der Waals surface area contributed by atoms with E-state index in [1.54, 1.807) is 19.2 Å². The molecule has 1 saturated carbocycles. The number of anilines is 2. The lowest BCUT2D eigenvalue weighted by molar-refractivity contribution is -0.134. The van der Waals surface area contributed by atoms with E-state index >= 15 is 0 Å². The fourth-order valence-electron chi connectivity index (χ4n) is 1.91. The maximum absolute atomic E-state index is 12.0. The van der Waals surface area contributed by atoms with Crippen LogP contribution in [0.3, 0.4) is 0 Å². The summed E-state index contributed by atoms with van der Waals surface area (Å²) in [5.74, 6) is 0.00320. The second kappa shape index (κ2) is 5.20. The van der Waals surface area contributed by atoms with Crippen LogP contribution in [0.15, 0.2) is 18.3 Å². The van der Waals surface area contributed by atoms with Crippen LogP contribution < -0.4 is 10.2 Å². The summed E-state index contributed by atoms with van der Waals surface area (Å²) in [6, 6.07) is 3.30. The van der Waals surface area contributed by atoms with Crippen molar-refractivity contribution >= 4 is 23.3 Å². The van der Waals surface area contributed by atoms with Crippen LogP contribution in [-0.4, -0.2) is 34.6 Å². The van der Waals surface area contributed by atoms with E-state index in [0.717, 1.165) is 12.8 Å². The Balaban J connectivity index is 2.04. The highest BCUT2D eigenvalue weighted by molar-refractivity contribution is 5.97. The lowest BCUT2D eigenvalue weighted by Gasteiger charge is -2.22. The number of hydrogen-bond acceptors (Lipinski definition) is 4. The van der Waals surface area contributed by atoms with Gasteiger partial charge in [0.25, 0.3) is 5.91 Å². The van der Waals surface area contributed by atoms with Gasteiger partial charge in [-0.3, -0.25) is 9.59 Å². The van der Waals surface area contributed by atoms with Crippen molar-refractivity contribution in [3.63, 3.8) is 0 Å². The average Bonchev–Trinajstić information content (AvgIpc) is 3.23. The molecule has 2 amide bonds. The Kier molecular flexibility index (Phi) is 3.76. The summed E-state index contributed by atoms with van der Waals surface area (Å²) in [6.07, 6.45) is 3.22. The topological polar surface area (TPSA) is 82.5 Å². The molecule has 6 heteroatoms. The number of carbonyl (C=O) groups is 2. The zero-order chi connectivity index (χ0) is 14.9. The quantitative estimate of drug-likeness (QED) is 0.865. The van der Waals surface area contributed by atoms with Gasteiger partial charge >= 0.3 is 0 Å². The van der Waals surface area contributed by atoms with Gasteiger partial charge in [0.15, 0.2) is 0 Å². The molecule has 2 N–H and O–H groups in total. The summed E-state index contributed by atoms with van der Waals surface area (Å²) in [5, 5.41) is 12.8. The predicted molar refractivity (Wildman–Crippen MR) is 75.3 cm³/mol. The molecule has 0 spiro atoms. The number of nitrogens with one attached hydrogen (secondary N) is 1. The number of aromatic nitrogens is 1. The van der Waals surface area contributed by atoms with E-state index in [1.165, 1.54) is 24.9 Å². The van der Waals surface area contributed by atoms with Crippen molar-refractivity contribution in [3.8, 4) is 0 Å². The Morgan fingerprint density at radius 1 is 1.45 bits per heavy atom. The number of hydrogen-bond donors (Lipinski definition) is 2. The number of aliphatic hydroxyl groups is 1. The zero-order valence-corrected chi connectivity index (χ0v) is 11.9. The molecular formula is C14H19N3O3. The molecule has 1 aliphatic carbocycles. The summed E-state index contributed by atoms with van der Waals surface area (Å²) in [4.78, 5) is 28.7. The van der Waals surface area contributed by atoms with Crippen LogP contribution in [0.25, 0.3) is 0 Å². The fourth-order valence-corrected chi connectivity index (χ4v) is 1.91. The molecule has 0 radical (unpaired) electrons. The van der Waals surface area contributed by atoms with Crippen LogP contribution in [0.1, 0.15) is 26.7 Å². The van der Waals surface area contributed by atoms with E-state index in [4.69, 9.17) is 0 Å². The van der Waals surface area contributed by atoms with E-state index in [2.05, 4.69) is 10.3 Å². The van der Waals surface area contributed by atoms with E-state index in [9.17, 15) is 14.7 Å². The number of carbonyl (C=O) groups excluding carboxylic acids is 2. The van der Waals surface area contributed by atoms with Gasteiger partial charge in [0, 0.05) is 14.0 Å². The molecule has 1 aromatic heterocycles. The Morgan fingerprint density at radius 2 is 2.10 bits per heavy atom. The van der Waals surface area contributed by atoms with Crippen LogP contribution in [-0.2, 0) is 9.59 Å². The number of rotatable bonds is 4. The van der Waals surface area contributed by atoms with Gasteiger partial charge in [0.05, 0.1) is 11.9 Å². The minimum absolute atomic E-state index is 0.0404. The molecule has 0 bridgehead atoms. The maximum atomic E-state index is 12.0. The Morgan fingerprint density at radius 3 is 2.55 bits per heavy atom. The normalized spacial score (nSPS) is 17.2. The maximum Gasteiger partial charge on any atom is 0.256 e. The van der Waals surface area contributed by atoms with E-state index in [1.807, 2.05) is 0 Å². The first-order valence-corrected chi connectivity index (χ1v) is 6.56. The van der Waals surface area contributed by atoms with E-state index in [-0.39, 0.29) is 11.8 Å². The molecule has 1 aromatic rings. The summed E-state index contributed by atoms with van der Waals surface area (Å²) in [6.45, 7) is 2.98. The van der Waals surface area contributed by atoms with Gasteiger partial charge in [0.2, 0.25) is 5.91 Å². The number of amides is 2. The van der Waals surface area contributed by atoms with Gasteiger partial charge in [-0.15, -0.1) is 0 Å². The van der Waals surface area contributed by atoms with E-state index < -0.39 is 11.5 Å². The highest BCUT2D eigenvalue weighted by Crippen LogP contribution is 2.40. The lowest BCUT2D eigenvalue weighted by Crippen LogP contribution is -2.42. The minimum Gasteiger partial charge on any atom is -0.380 e. The third-order valence-corrected chi connectivity index (χ3v) is 3.65. The first-order chi connectivity index (χ1) is 9.32. The average molecular weight is 277 g/mol. The molecule has 6 nitrogen and oxygen atoms in total. The molecule has 0 aromatic carbocycles. The van der Waals surface area contributed by atoms with Crippen LogP contribution in [0.4, 0.5) is 11.5 Å². The number of nitrogens with zero attached hydrogens (tertiary/aromatic N) is 2. The van der Waals surface area contributed by atoms with Crippen molar-refractivity contribution in [2.75, 3.05) is 17.3 Å². The Bertz CT molecular complexity index is 521. The van der Waals surface area contributed by atoms with Crippen molar-refractivity contribution < 1.29 is 14.7 Å². The predicted octanol–water partition coefficient (Wildman–Crippen LogP) is 1.16. The fraction of sp³-hybridized carbons (Fsp3) is 0.500. The van der Waals surface area contributed by atoms with Crippen molar-refractivity contribution in [2.24, 2.45) is 5.92 Å². The van der Waals surface area contributed by atoms with Gasteiger partial charge < -0.3 is 15.3 Å². The van der Waals surface area contributed by atoms with Crippen LogP contribution >= 0.6 is 0 Å². The van der Waals surface area contributed by atoms with Crippen LogP contribution in [0, 0.1) is 5.92 Å². The number of pyridine rings is 1. The standard InChI is InChI=1S/C14H19N3O3/c1-9(18)17(3)12-7-6-11(8-15-12)16-13(19)14(2,20)10-4-5-10/h6-8,10,20H,4-5H2,1-3H3,(H,16,19). The van der Waals surface area contributed by atoms with Gasteiger partial charge in [0.1, 0.15) is 11.4 Å². The van der Waals surface area contributed by atoms with Gasteiger partial charge in [-0.05, 0) is 37.8 Å². The third-order valence-electron chi connectivity index (χ3n) is 3.65.